The van der Waals surface area contributed by atoms with Crippen LogP contribution >= 0.6 is 0 Å². The molecular formula is C19H30. The lowest BCUT2D eigenvalue weighted by Gasteiger charge is -1.94. The van der Waals surface area contributed by atoms with Crippen molar-refractivity contribution in [3.63, 3.8) is 0 Å². The van der Waals surface area contributed by atoms with Gasteiger partial charge in [-0.1, -0.05) is 80.9 Å². The summed E-state index contributed by atoms with van der Waals surface area (Å²) < 4.78 is 0. The van der Waals surface area contributed by atoms with Gasteiger partial charge in [0.15, 0.2) is 0 Å². The Balaban J connectivity index is 0. The summed E-state index contributed by atoms with van der Waals surface area (Å²) in [5.74, 6) is 0. The van der Waals surface area contributed by atoms with Gasteiger partial charge in [0.25, 0.3) is 0 Å². The van der Waals surface area contributed by atoms with Crippen molar-refractivity contribution in [2.45, 2.75) is 48.0 Å². The van der Waals surface area contributed by atoms with E-state index in [4.69, 9.17) is 0 Å². The minimum absolute atomic E-state index is 0. The third-order valence-electron chi connectivity index (χ3n) is 3.06. The standard InChI is InChI=1S/2C9H12.CH4.H2/c2*1-3-9-6-4-8(2)5-7-9;;/h2*4-7H,3H2,1-2H3;1H4;1H. The first-order valence-electron chi connectivity index (χ1n) is 6.76. The first-order chi connectivity index (χ1) is 8.65. The van der Waals surface area contributed by atoms with E-state index in [0.29, 0.717) is 0 Å². The first kappa shape index (κ1) is 17.4. The highest BCUT2D eigenvalue weighted by Crippen LogP contribution is 2.03. The van der Waals surface area contributed by atoms with Crippen molar-refractivity contribution in [2.24, 2.45) is 0 Å². The Morgan fingerprint density at radius 2 is 0.895 bits per heavy atom. The molecule has 0 saturated carbocycles. The lowest BCUT2D eigenvalue weighted by molar-refractivity contribution is 1.14. The Labute approximate surface area is 121 Å². The molecule has 106 valence electrons. The number of hydrogen-bond acceptors (Lipinski definition) is 0. The molecule has 0 nitrogen and oxygen atoms in total. The van der Waals surface area contributed by atoms with Gasteiger partial charge in [0.1, 0.15) is 0 Å². The molecule has 0 amide bonds. The fourth-order valence-corrected chi connectivity index (χ4v) is 1.65. The van der Waals surface area contributed by atoms with Crippen molar-refractivity contribution in [1.29, 1.82) is 0 Å². The molecule has 0 unspecified atom stereocenters. The van der Waals surface area contributed by atoms with Gasteiger partial charge in [-0.25, -0.2) is 0 Å². The average Bonchev–Trinajstić information content (AvgIpc) is 2.41. The van der Waals surface area contributed by atoms with Crippen LogP contribution in [0.5, 0.6) is 0 Å². The predicted molar refractivity (Wildman–Crippen MR) is 90.0 cm³/mol. The van der Waals surface area contributed by atoms with Crippen molar-refractivity contribution in [3.05, 3.63) is 70.8 Å². The summed E-state index contributed by atoms with van der Waals surface area (Å²) >= 11 is 0. The molecule has 0 saturated heterocycles. The van der Waals surface area contributed by atoms with E-state index < -0.39 is 0 Å². The smallest absolute Gasteiger partial charge is 0 e. The predicted octanol–water partition coefficient (Wildman–Crippen LogP) is 6.00. The van der Waals surface area contributed by atoms with Gasteiger partial charge in [0, 0.05) is 1.43 Å². The van der Waals surface area contributed by atoms with Crippen LogP contribution in [0.3, 0.4) is 0 Å². The largest absolute Gasteiger partial charge is 0.0776 e. The third kappa shape index (κ3) is 6.81. The van der Waals surface area contributed by atoms with Gasteiger partial charge in [-0.05, 0) is 37.8 Å². The molecule has 0 atom stereocenters. The van der Waals surface area contributed by atoms with Gasteiger partial charge in [0.2, 0.25) is 0 Å². The molecule has 0 aromatic heterocycles. The summed E-state index contributed by atoms with van der Waals surface area (Å²) in [6.45, 7) is 8.56. The lowest BCUT2D eigenvalue weighted by atomic mass is 10.1. The SMILES string of the molecule is C.CCc1ccc(C)cc1.CCc1ccc(C)cc1.[HH]. The molecule has 0 aliphatic carbocycles. The Morgan fingerprint density at radius 1 is 0.632 bits per heavy atom. The quantitative estimate of drug-likeness (QED) is 0.620. The normalized spacial score (nSPS) is 9.05. The van der Waals surface area contributed by atoms with Crippen LogP contribution in [0, 0.1) is 13.8 Å². The van der Waals surface area contributed by atoms with Gasteiger partial charge in [0.05, 0.1) is 0 Å². The van der Waals surface area contributed by atoms with Gasteiger partial charge >= 0.3 is 0 Å². The molecule has 0 aliphatic rings. The van der Waals surface area contributed by atoms with Crippen LogP contribution in [0.1, 0.15) is 45.0 Å². The summed E-state index contributed by atoms with van der Waals surface area (Å²) in [6, 6.07) is 17.3. The molecule has 0 N–H and O–H groups in total. The van der Waals surface area contributed by atoms with Gasteiger partial charge in [-0.15, -0.1) is 0 Å². The molecule has 2 aromatic carbocycles. The van der Waals surface area contributed by atoms with E-state index >= 15 is 0 Å². The Hall–Kier alpha value is -1.56. The van der Waals surface area contributed by atoms with E-state index in [-0.39, 0.29) is 8.85 Å². The molecule has 2 rings (SSSR count). The maximum absolute atomic E-state index is 2.18. The van der Waals surface area contributed by atoms with Crippen LogP contribution in [0.4, 0.5) is 0 Å². The Kier molecular flexibility index (Phi) is 8.61. The van der Waals surface area contributed by atoms with Crippen molar-refractivity contribution in [2.75, 3.05) is 0 Å². The van der Waals surface area contributed by atoms with E-state index in [1.165, 1.54) is 22.3 Å². The monoisotopic (exact) mass is 258 g/mol. The maximum Gasteiger partial charge on any atom is 0 e. The second kappa shape index (κ2) is 9.38. The van der Waals surface area contributed by atoms with Crippen LogP contribution in [0.25, 0.3) is 0 Å². The summed E-state index contributed by atoms with van der Waals surface area (Å²) in [4.78, 5) is 0. The molecule has 2 aromatic rings. The number of aryl methyl sites for hydroxylation is 4. The highest BCUT2D eigenvalue weighted by atomic mass is 13.9. The van der Waals surface area contributed by atoms with Crippen molar-refractivity contribution < 1.29 is 1.43 Å². The Morgan fingerprint density at radius 3 is 1.11 bits per heavy atom. The number of hydrogen-bond donors (Lipinski definition) is 0. The molecule has 0 spiro atoms. The second-order valence-corrected chi connectivity index (χ2v) is 4.68. The molecule has 0 heteroatoms. The van der Waals surface area contributed by atoms with Gasteiger partial charge in [-0.2, -0.15) is 0 Å². The highest BCUT2D eigenvalue weighted by molar-refractivity contribution is 5.21. The van der Waals surface area contributed by atoms with E-state index in [1.54, 1.807) is 0 Å². The average molecular weight is 258 g/mol. The summed E-state index contributed by atoms with van der Waals surface area (Å²) in [6.07, 6.45) is 2.28. The lowest BCUT2D eigenvalue weighted by Crippen LogP contribution is -1.77. The minimum Gasteiger partial charge on any atom is -0.0776 e. The zero-order valence-electron chi connectivity index (χ0n) is 12.0. The van der Waals surface area contributed by atoms with Crippen LogP contribution in [0.2, 0.25) is 0 Å². The van der Waals surface area contributed by atoms with Crippen LogP contribution < -0.4 is 0 Å². The van der Waals surface area contributed by atoms with Crippen LogP contribution in [-0.4, -0.2) is 0 Å². The molecule has 0 radical (unpaired) electrons. The molecule has 19 heavy (non-hydrogen) atoms. The van der Waals surface area contributed by atoms with Crippen molar-refractivity contribution >= 4 is 0 Å². The fraction of sp³-hybridized carbons (Fsp3) is 0.368. The molecule has 0 fully saturated rings. The molecule has 0 heterocycles. The molecule has 0 aliphatic heterocycles. The maximum atomic E-state index is 2.18. The number of benzene rings is 2. The Bertz CT molecular complexity index is 395. The van der Waals surface area contributed by atoms with Gasteiger partial charge < -0.3 is 0 Å². The van der Waals surface area contributed by atoms with E-state index in [9.17, 15) is 0 Å². The third-order valence-corrected chi connectivity index (χ3v) is 3.06. The minimum atomic E-state index is 0. The van der Waals surface area contributed by atoms with Crippen LogP contribution in [-0.2, 0) is 12.8 Å². The van der Waals surface area contributed by atoms with Crippen molar-refractivity contribution in [1.82, 2.24) is 0 Å². The second-order valence-electron chi connectivity index (χ2n) is 4.68. The number of rotatable bonds is 2. The first-order valence-corrected chi connectivity index (χ1v) is 6.76. The summed E-state index contributed by atoms with van der Waals surface area (Å²) in [5.41, 5.74) is 5.51. The highest BCUT2D eigenvalue weighted by Gasteiger charge is 1.85. The molecule has 0 bridgehead atoms. The topological polar surface area (TPSA) is 0 Å². The van der Waals surface area contributed by atoms with Gasteiger partial charge in [-0.3, -0.25) is 0 Å². The van der Waals surface area contributed by atoms with Crippen molar-refractivity contribution in [3.8, 4) is 0 Å². The van der Waals surface area contributed by atoms with E-state index in [1.807, 2.05) is 0 Å². The molecular weight excluding hydrogens is 228 g/mol. The summed E-state index contributed by atoms with van der Waals surface area (Å²) in [7, 11) is 0. The van der Waals surface area contributed by atoms with E-state index in [0.717, 1.165) is 12.8 Å². The fourth-order valence-electron chi connectivity index (χ4n) is 1.65. The zero-order chi connectivity index (χ0) is 13.4. The summed E-state index contributed by atoms with van der Waals surface area (Å²) in [5, 5.41) is 0. The van der Waals surface area contributed by atoms with E-state index in [2.05, 4.69) is 76.2 Å². The van der Waals surface area contributed by atoms with Crippen LogP contribution in [0.15, 0.2) is 48.5 Å². The zero-order valence-corrected chi connectivity index (χ0v) is 12.0.